The summed E-state index contributed by atoms with van der Waals surface area (Å²) < 4.78 is 10.6. The Morgan fingerprint density at radius 2 is 1.79 bits per heavy atom. The summed E-state index contributed by atoms with van der Waals surface area (Å²) in [5.74, 6) is 1.14. The lowest BCUT2D eigenvalue weighted by atomic mass is 10.1. The van der Waals surface area contributed by atoms with Gasteiger partial charge in [0.1, 0.15) is 17.9 Å². The van der Waals surface area contributed by atoms with E-state index in [1.165, 1.54) is 18.4 Å². The second-order valence-electron chi connectivity index (χ2n) is 7.93. The number of hydrogen-bond acceptors (Lipinski definition) is 5. The molecule has 1 aliphatic heterocycles. The van der Waals surface area contributed by atoms with E-state index in [2.05, 4.69) is 32.7 Å². The van der Waals surface area contributed by atoms with Gasteiger partial charge in [0.15, 0.2) is 5.96 Å². The van der Waals surface area contributed by atoms with Gasteiger partial charge in [-0.1, -0.05) is 12.1 Å². The molecule has 1 aromatic carbocycles. The first-order valence-electron chi connectivity index (χ1n) is 9.87. The Balaban J connectivity index is 0.00000420. The molecule has 1 atom stereocenters. The molecule has 0 aromatic heterocycles. The van der Waals surface area contributed by atoms with Gasteiger partial charge in [0, 0.05) is 13.6 Å². The molecule has 0 radical (unpaired) electrons. The van der Waals surface area contributed by atoms with Crippen molar-refractivity contribution in [3.8, 4) is 5.75 Å². The number of carbonyl (C=O) groups excluding carboxylic acids is 1. The Morgan fingerprint density at radius 1 is 1.17 bits per heavy atom. The molecule has 0 saturated carbocycles. The molecule has 0 aliphatic carbocycles. The number of guanidine groups is 1. The van der Waals surface area contributed by atoms with E-state index in [1.54, 1.807) is 14.2 Å². The minimum Gasteiger partial charge on any atom is -0.497 e. The Kier molecular flexibility index (Phi) is 10.7. The molecule has 2 rings (SSSR count). The monoisotopic (exact) mass is 518 g/mol. The number of carbonyl (C=O) groups is 1. The van der Waals surface area contributed by atoms with Crippen molar-refractivity contribution in [3.05, 3.63) is 29.8 Å². The van der Waals surface area contributed by atoms with Crippen LogP contribution in [0.2, 0.25) is 0 Å². The maximum Gasteiger partial charge on any atom is 0.325 e. The van der Waals surface area contributed by atoms with Crippen molar-refractivity contribution in [2.24, 2.45) is 4.99 Å². The maximum absolute atomic E-state index is 11.9. The molecule has 0 amide bonds. The highest BCUT2D eigenvalue weighted by atomic mass is 127. The quantitative estimate of drug-likeness (QED) is 0.250. The molecular formula is C21H35IN4O3. The summed E-state index contributed by atoms with van der Waals surface area (Å²) in [5.41, 5.74) is 0.739. The van der Waals surface area contributed by atoms with Crippen molar-refractivity contribution in [2.75, 3.05) is 40.3 Å². The number of benzene rings is 1. The Morgan fingerprint density at radius 3 is 2.31 bits per heavy atom. The van der Waals surface area contributed by atoms with Gasteiger partial charge in [-0.15, -0.1) is 24.0 Å². The predicted octanol–water partition coefficient (Wildman–Crippen LogP) is 2.96. The van der Waals surface area contributed by atoms with E-state index in [-0.39, 0.29) is 42.5 Å². The maximum atomic E-state index is 11.9. The van der Waals surface area contributed by atoms with Crippen LogP contribution >= 0.6 is 24.0 Å². The molecule has 164 valence electrons. The van der Waals surface area contributed by atoms with Crippen LogP contribution in [0, 0.1) is 0 Å². The first-order chi connectivity index (χ1) is 13.3. The summed E-state index contributed by atoms with van der Waals surface area (Å²) in [6.45, 7) is 8.51. The summed E-state index contributed by atoms with van der Waals surface area (Å²) in [7, 11) is 3.37. The molecule has 8 heteroatoms. The van der Waals surface area contributed by atoms with Crippen molar-refractivity contribution in [3.63, 3.8) is 0 Å². The molecule has 2 N–H and O–H groups in total. The van der Waals surface area contributed by atoms with Crippen molar-refractivity contribution < 1.29 is 14.3 Å². The number of halogens is 1. The topological polar surface area (TPSA) is 75.2 Å². The fourth-order valence-corrected chi connectivity index (χ4v) is 3.28. The molecule has 0 spiro atoms. The van der Waals surface area contributed by atoms with Gasteiger partial charge in [-0.05, 0) is 64.4 Å². The fraction of sp³-hybridized carbons (Fsp3) is 0.619. The Labute approximate surface area is 191 Å². The molecule has 1 saturated heterocycles. The molecule has 1 fully saturated rings. The number of ether oxygens (including phenoxy) is 2. The minimum absolute atomic E-state index is 0. The van der Waals surface area contributed by atoms with Crippen LogP contribution < -0.4 is 15.4 Å². The van der Waals surface area contributed by atoms with Gasteiger partial charge in [-0.3, -0.25) is 14.7 Å². The van der Waals surface area contributed by atoms with Crippen molar-refractivity contribution >= 4 is 35.9 Å². The second-order valence-corrected chi connectivity index (χ2v) is 7.93. The molecule has 1 heterocycles. The molecule has 7 nitrogen and oxygen atoms in total. The van der Waals surface area contributed by atoms with E-state index in [0.717, 1.165) is 18.8 Å². The van der Waals surface area contributed by atoms with Crippen LogP contribution in [-0.4, -0.2) is 62.8 Å². The van der Waals surface area contributed by atoms with Crippen LogP contribution in [0.4, 0.5) is 0 Å². The van der Waals surface area contributed by atoms with Gasteiger partial charge in [0.05, 0.1) is 13.2 Å². The third-order valence-corrected chi connectivity index (χ3v) is 4.59. The van der Waals surface area contributed by atoms with Gasteiger partial charge in [0.2, 0.25) is 0 Å². The summed E-state index contributed by atoms with van der Waals surface area (Å²) >= 11 is 0. The van der Waals surface area contributed by atoms with Crippen LogP contribution in [0.3, 0.4) is 0 Å². The van der Waals surface area contributed by atoms with Gasteiger partial charge in [-0.25, -0.2) is 0 Å². The van der Waals surface area contributed by atoms with Crippen molar-refractivity contribution in [2.45, 2.75) is 45.3 Å². The number of esters is 1. The van der Waals surface area contributed by atoms with Crippen LogP contribution in [0.1, 0.15) is 45.2 Å². The van der Waals surface area contributed by atoms with Gasteiger partial charge in [-0.2, -0.15) is 0 Å². The van der Waals surface area contributed by atoms with E-state index < -0.39 is 5.60 Å². The lowest BCUT2D eigenvalue weighted by Gasteiger charge is -2.29. The number of methoxy groups -OCH3 is 1. The molecule has 1 aliphatic rings. The largest absolute Gasteiger partial charge is 0.497 e. The third-order valence-electron chi connectivity index (χ3n) is 4.59. The SMILES string of the molecule is CN=C(NCC(=O)OC(C)(C)C)NCC(c1ccc(OC)cc1)N1CCCC1.I. The number of likely N-dealkylation sites (tertiary alicyclic amines) is 1. The average Bonchev–Trinajstić information content (AvgIpc) is 3.18. The predicted molar refractivity (Wildman–Crippen MR) is 127 cm³/mol. The molecular weight excluding hydrogens is 483 g/mol. The molecule has 1 aromatic rings. The van der Waals surface area contributed by atoms with E-state index in [0.29, 0.717) is 12.5 Å². The van der Waals surface area contributed by atoms with Crippen LogP contribution in [0.25, 0.3) is 0 Å². The minimum atomic E-state index is -0.495. The number of rotatable bonds is 7. The molecule has 0 bridgehead atoms. The van der Waals surface area contributed by atoms with Gasteiger partial charge < -0.3 is 20.1 Å². The summed E-state index contributed by atoms with van der Waals surface area (Å²) in [6.07, 6.45) is 2.44. The van der Waals surface area contributed by atoms with E-state index >= 15 is 0 Å². The van der Waals surface area contributed by atoms with E-state index in [9.17, 15) is 4.79 Å². The smallest absolute Gasteiger partial charge is 0.325 e. The Bertz CT molecular complexity index is 653. The summed E-state index contributed by atoms with van der Waals surface area (Å²) in [4.78, 5) is 18.6. The average molecular weight is 518 g/mol. The normalized spacial score (nSPS) is 16.0. The zero-order valence-corrected chi connectivity index (χ0v) is 20.5. The number of hydrogen-bond donors (Lipinski definition) is 2. The number of nitrogens with zero attached hydrogens (tertiary/aromatic N) is 2. The third kappa shape index (κ3) is 8.77. The number of aliphatic imine (C=N–C) groups is 1. The first-order valence-corrected chi connectivity index (χ1v) is 9.87. The van der Waals surface area contributed by atoms with E-state index in [1.807, 2.05) is 32.9 Å². The standard InChI is InChI=1S/C21H34N4O3.HI/c1-21(2,3)28-19(26)15-24-20(22-4)23-14-18(25-12-6-7-13-25)16-8-10-17(27-5)11-9-16;/h8-11,18H,6-7,12-15H2,1-5H3,(H2,22,23,24);1H. The lowest BCUT2D eigenvalue weighted by Crippen LogP contribution is -2.45. The number of nitrogens with one attached hydrogen (secondary N) is 2. The summed E-state index contributed by atoms with van der Waals surface area (Å²) in [6, 6.07) is 8.44. The zero-order chi connectivity index (χ0) is 20.6. The van der Waals surface area contributed by atoms with Gasteiger partial charge >= 0.3 is 5.97 Å². The highest BCUT2D eigenvalue weighted by Gasteiger charge is 2.24. The Hall–Kier alpha value is -1.55. The van der Waals surface area contributed by atoms with Crippen LogP contribution in [0.5, 0.6) is 5.75 Å². The van der Waals surface area contributed by atoms with E-state index in [4.69, 9.17) is 9.47 Å². The molecule has 1 unspecified atom stereocenters. The highest BCUT2D eigenvalue weighted by molar-refractivity contribution is 14.0. The fourth-order valence-electron chi connectivity index (χ4n) is 3.28. The van der Waals surface area contributed by atoms with Crippen molar-refractivity contribution in [1.29, 1.82) is 0 Å². The van der Waals surface area contributed by atoms with Crippen LogP contribution in [-0.2, 0) is 9.53 Å². The zero-order valence-electron chi connectivity index (χ0n) is 18.2. The summed E-state index contributed by atoms with van der Waals surface area (Å²) in [5, 5.41) is 6.38. The van der Waals surface area contributed by atoms with Crippen molar-refractivity contribution in [1.82, 2.24) is 15.5 Å². The second kappa shape index (κ2) is 12.2. The van der Waals surface area contributed by atoms with Crippen LogP contribution in [0.15, 0.2) is 29.3 Å². The first kappa shape index (κ1) is 25.5. The van der Waals surface area contributed by atoms with Gasteiger partial charge in [0.25, 0.3) is 0 Å². The highest BCUT2D eigenvalue weighted by Crippen LogP contribution is 2.26. The molecule has 29 heavy (non-hydrogen) atoms. The lowest BCUT2D eigenvalue weighted by molar-refractivity contribution is -0.153.